The summed E-state index contributed by atoms with van der Waals surface area (Å²) in [4.78, 5) is 6.34. The molecule has 0 amide bonds. The minimum Gasteiger partial charge on any atom is -0.495 e. The molecule has 0 unspecified atom stereocenters. The quantitative estimate of drug-likeness (QED) is 0.492. The van der Waals surface area contributed by atoms with Crippen molar-refractivity contribution < 1.29 is 4.74 Å². The Kier molecular flexibility index (Phi) is 7.01. The lowest BCUT2D eigenvalue weighted by Gasteiger charge is -2.27. The number of aromatic nitrogens is 1. The number of hydrogen-bond donors (Lipinski definition) is 1. The van der Waals surface area contributed by atoms with Gasteiger partial charge in [0, 0.05) is 30.0 Å². The van der Waals surface area contributed by atoms with Gasteiger partial charge < -0.3 is 15.0 Å². The molecule has 28 heavy (non-hydrogen) atoms. The molecule has 0 spiro atoms. The number of nitrogens with zero attached hydrogens (tertiary/aromatic N) is 2. The summed E-state index contributed by atoms with van der Waals surface area (Å²) < 4.78 is 6.55. The normalized spacial score (nSPS) is 10.4. The third-order valence-electron chi connectivity index (χ3n) is 4.24. The molecule has 0 saturated heterocycles. The summed E-state index contributed by atoms with van der Waals surface area (Å²) in [7, 11) is 1.66. The van der Waals surface area contributed by atoms with E-state index in [1.807, 2.05) is 49.5 Å². The van der Waals surface area contributed by atoms with Crippen molar-refractivity contribution in [2.45, 2.75) is 20.0 Å². The van der Waals surface area contributed by atoms with Gasteiger partial charge in [0.05, 0.1) is 12.8 Å². The van der Waals surface area contributed by atoms with Crippen LogP contribution in [0.15, 0.2) is 71.5 Å². The Labute approximate surface area is 179 Å². The van der Waals surface area contributed by atoms with Crippen molar-refractivity contribution in [3.63, 3.8) is 0 Å². The van der Waals surface area contributed by atoms with Crippen LogP contribution in [0.1, 0.15) is 16.7 Å². The van der Waals surface area contributed by atoms with E-state index in [1.165, 1.54) is 5.56 Å². The largest absolute Gasteiger partial charge is 0.495 e. The molecular weight excluding hydrogens is 434 g/mol. The summed E-state index contributed by atoms with van der Waals surface area (Å²) in [6, 6.07) is 18.2. The molecule has 0 bridgehead atoms. The van der Waals surface area contributed by atoms with Gasteiger partial charge in [-0.3, -0.25) is 4.98 Å². The van der Waals surface area contributed by atoms with Crippen LogP contribution in [0.4, 0.5) is 5.69 Å². The van der Waals surface area contributed by atoms with E-state index in [2.05, 4.69) is 49.3 Å². The predicted molar refractivity (Wildman–Crippen MR) is 122 cm³/mol. The highest BCUT2D eigenvalue weighted by atomic mass is 79.9. The highest BCUT2D eigenvalue weighted by Crippen LogP contribution is 2.26. The number of hydrogen-bond acceptors (Lipinski definition) is 3. The van der Waals surface area contributed by atoms with Crippen molar-refractivity contribution >= 4 is 38.9 Å². The summed E-state index contributed by atoms with van der Waals surface area (Å²) in [5.41, 5.74) is 4.24. The maximum atomic E-state index is 5.76. The Balaban J connectivity index is 1.83. The molecule has 1 aromatic heterocycles. The predicted octanol–water partition coefficient (Wildman–Crippen LogP) is 5.56. The van der Waals surface area contributed by atoms with Crippen LogP contribution in [0.25, 0.3) is 0 Å². The molecule has 3 aromatic rings. The van der Waals surface area contributed by atoms with Gasteiger partial charge in [0.25, 0.3) is 0 Å². The Morgan fingerprint density at radius 2 is 1.89 bits per heavy atom. The maximum absolute atomic E-state index is 5.76. The van der Waals surface area contributed by atoms with Gasteiger partial charge in [-0.1, -0.05) is 40.2 Å². The third kappa shape index (κ3) is 5.53. The van der Waals surface area contributed by atoms with E-state index in [4.69, 9.17) is 17.0 Å². The van der Waals surface area contributed by atoms with E-state index in [0.29, 0.717) is 18.2 Å². The lowest BCUT2D eigenvalue weighted by atomic mass is 10.2. The number of methoxy groups -OCH3 is 1. The summed E-state index contributed by atoms with van der Waals surface area (Å²) >= 11 is 9.30. The van der Waals surface area contributed by atoms with Gasteiger partial charge in [0.2, 0.25) is 0 Å². The van der Waals surface area contributed by atoms with Crippen molar-refractivity contribution in [2.75, 3.05) is 12.4 Å². The first kappa shape index (κ1) is 20.3. The van der Waals surface area contributed by atoms with Crippen LogP contribution in [-0.2, 0) is 13.1 Å². The van der Waals surface area contributed by atoms with Gasteiger partial charge in [0.15, 0.2) is 5.11 Å². The first-order valence-corrected chi connectivity index (χ1v) is 10.1. The standard InChI is InChI=1S/C22H22BrN3OS/c1-16-8-9-20(21(11-16)27-2)25-22(28)26(15-18-6-4-10-24-13-18)14-17-5-3-7-19(23)12-17/h3-13H,14-15H2,1-2H3,(H,25,28). The van der Waals surface area contributed by atoms with Crippen molar-refractivity contribution in [3.05, 3.63) is 88.2 Å². The van der Waals surface area contributed by atoms with E-state index < -0.39 is 0 Å². The average molecular weight is 456 g/mol. The summed E-state index contributed by atoms with van der Waals surface area (Å²) in [6.07, 6.45) is 3.64. The zero-order valence-electron chi connectivity index (χ0n) is 15.9. The smallest absolute Gasteiger partial charge is 0.174 e. The van der Waals surface area contributed by atoms with Crippen molar-refractivity contribution in [2.24, 2.45) is 0 Å². The number of pyridine rings is 1. The molecule has 144 valence electrons. The number of anilines is 1. The molecule has 0 aliphatic rings. The maximum Gasteiger partial charge on any atom is 0.174 e. The summed E-state index contributed by atoms with van der Waals surface area (Å²) in [6.45, 7) is 3.36. The van der Waals surface area contributed by atoms with E-state index in [-0.39, 0.29) is 0 Å². The van der Waals surface area contributed by atoms with E-state index in [0.717, 1.165) is 27.0 Å². The molecule has 0 radical (unpaired) electrons. The molecule has 4 nitrogen and oxygen atoms in total. The second kappa shape index (κ2) is 9.66. The fraction of sp³-hybridized carbons (Fsp3) is 0.182. The molecule has 0 atom stereocenters. The molecular formula is C22H22BrN3OS. The first-order valence-electron chi connectivity index (χ1n) is 8.89. The fourth-order valence-electron chi connectivity index (χ4n) is 2.86. The second-order valence-corrected chi connectivity index (χ2v) is 7.78. The monoisotopic (exact) mass is 455 g/mol. The van der Waals surface area contributed by atoms with Gasteiger partial charge in [-0.05, 0) is 66.2 Å². The van der Waals surface area contributed by atoms with Crippen molar-refractivity contribution in [1.82, 2.24) is 9.88 Å². The topological polar surface area (TPSA) is 37.4 Å². The van der Waals surface area contributed by atoms with Gasteiger partial charge in [-0.2, -0.15) is 0 Å². The SMILES string of the molecule is COc1cc(C)ccc1NC(=S)N(Cc1cccnc1)Cc1cccc(Br)c1. The van der Waals surface area contributed by atoms with Gasteiger partial charge in [-0.15, -0.1) is 0 Å². The highest BCUT2D eigenvalue weighted by Gasteiger charge is 2.14. The lowest BCUT2D eigenvalue weighted by Crippen LogP contribution is -2.34. The Hall–Kier alpha value is -2.44. The number of rotatable bonds is 6. The number of thiocarbonyl (C=S) groups is 1. The Morgan fingerprint density at radius 1 is 1.11 bits per heavy atom. The summed E-state index contributed by atoms with van der Waals surface area (Å²) in [5.74, 6) is 0.770. The molecule has 1 heterocycles. The fourth-order valence-corrected chi connectivity index (χ4v) is 3.55. The van der Waals surface area contributed by atoms with Crippen LogP contribution < -0.4 is 10.1 Å². The van der Waals surface area contributed by atoms with Gasteiger partial charge in [-0.25, -0.2) is 0 Å². The van der Waals surface area contributed by atoms with E-state index in [1.54, 1.807) is 13.3 Å². The zero-order valence-corrected chi connectivity index (χ0v) is 18.3. The van der Waals surface area contributed by atoms with E-state index >= 15 is 0 Å². The molecule has 3 rings (SSSR count). The highest BCUT2D eigenvalue weighted by molar-refractivity contribution is 9.10. The number of ether oxygens (including phenoxy) is 1. The zero-order chi connectivity index (χ0) is 19.9. The Morgan fingerprint density at radius 3 is 2.61 bits per heavy atom. The minimum absolute atomic E-state index is 0.631. The molecule has 0 fully saturated rings. The summed E-state index contributed by atoms with van der Waals surface area (Å²) in [5, 5.41) is 3.97. The van der Waals surface area contributed by atoms with Crippen molar-refractivity contribution in [3.8, 4) is 5.75 Å². The minimum atomic E-state index is 0.631. The number of benzene rings is 2. The lowest BCUT2D eigenvalue weighted by molar-refractivity contribution is 0.408. The third-order valence-corrected chi connectivity index (χ3v) is 5.10. The first-order chi connectivity index (χ1) is 13.5. The van der Waals surface area contributed by atoms with Crippen molar-refractivity contribution in [1.29, 1.82) is 0 Å². The number of nitrogens with one attached hydrogen (secondary N) is 1. The van der Waals surface area contributed by atoms with Crippen LogP contribution in [0.5, 0.6) is 5.75 Å². The number of halogens is 1. The molecule has 1 N–H and O–H groups in total. The molecule has 0 saturated carbocycles. The molecule has 0 aliphatic carbocycles. The van der Waals surface area contributed by atoms with Crippen LogP contribution >= 0.6 is 28.1 Å². The van der Waals surface area contributed by atoms with Gasteiger partial charge >= 0.3 is 0 Å². The second-order valence-electron chi connectivity index (χ2n) is 6.48. The number of aryl methyl sites for hydroxylation is 1. The van der Waals surface area contributed by atoms with Crippen LogP contribution in [0.3, 0.4) is 0 Å². The molecule has 2 aromatic carbocycles. The van der Waals surface area contributed by atoms with Crippen LogP contribution in [0, 0.1) is 6.92 Å². The van der Waals surface area contributed by atoms with Crippen LogP contribution in [-0.4, -0.2) is 22.1 Å². The average Bonchev–Trinajstić information content (AvgIpc) is 2.69. The molecule has 6 heteroatoms. The van der Waals surface area contributed by atoms with Crippen LogP contribution in [0.2, 0.25) is 0 Å². The Bertz CT molecular complexity index is 950. The van der Waals surface area contributed by atoms with E-state index in [9.17, 15) is 0 Å². The molecule has 0 aliphatic heterocycles. The van der Waals surface area contributed by atoms with Gasteiger partial charge in [0.1, 0.15) is 5.75 Å².